The molecule has 0 spiro atoms. The summed E-state index contributed by atoms with van der Waals surface area (Å²) in [7, 11) is -2.71. The highest BCUT2D eigenvalue weighted by Gasteiger charge is 2.39. The molecule has 0 radical (unpaired) electrons. The SMILES string of the molecule is COc1ccc(CN(Cc2ccc(OC)cc2)S(=O)(=O)c2cc3n(n2)CCC(C(C)=O)C3=O)cc1.COc1ccc(CN(Cc2ccc(OC)cc2)S(=O)(=O)c2cc3n(n2)CCC(C(C)=O)C3=O)cc1.COc1ccc(CN(Cc2ccc(OC)cc2)S(=O)(=O)c2cc3n(n2)CCCC3=O)cc1. The van der Waals surface area contributed by atoms with Crippen LogP contribution >= 0.6 is 0 Å². The van der Waals surface area contributed by atoms with Gasteiger partial charge in [0.15, 0.2) is 32.4 Å². The van der Waals surface area contributed by atoms with Gasteiger partial charge >= 0.3 is 0 Å². The molecule has 6 heterocycles. The molecule has 3 aliphatic heterocycles. The average Bonchev–Trinajstić information content (AvgIpc) is 1.62. The molecule has 9 aromatic rings. The zero-order valence-corrected chi connectivity index (χ0v) is 60.1. The molecule has 0 amide bonds. The molecule has 102 heavy (non-hydrogen) atoms. The fourth-order valence-corrected chi connectivity index (χ4v) is 15.9. The summed E-state index contributed by atoms with van der Waals surface area (Å²) < 4.78 is 122. The van der Waals surface area contributed by atoms with E-state index in [1.807, 2.05) is 24.3 Å². The Bertz CT molecular complexity index is 4470. The van der Waals surface area contributed by atoms with E-state index in [4.69, 9.17) is 28.4 Å². The van der Waals surface area contributed by atoms with E-state index in [2.05, 4.69) is 15.3 Å². The van der Waals surface area contributed by atoms with E-state index in [1.165, 1.54) is 59.0 Å². The van der Waals surface area contributed by atoms with E-state index in [-0.39, 0.29) is 83.1 Å². The summed E-state index contributed by atoms with van der Waals surface area (Å²) in [5.74, 6) is 1.20. The van der Waals surface area contributed by atoms with Gasteiger partial charge in [0.1, 0.15) is 63.1 Å². The van der Waals surface area contributed by atoms with Crippen molar-refractivity contribution < 1.29 is 77.6 Å². The molecule has 0 bridgehead atoms. The molecular formula is C73H79N9O17S3. The highest BCUT2D eigenvalue weighted by molar-refractivity contribution is 7.89. The molecule has 0 N–H and O–H groups in total. The summed E-state index contributed by atoms with van der Waals surface area (Å²) in [5, 5.41) is 12.2. The molecule has 2 atom stereocenters. The Balaban J connectivity index is 0.000000165. The third-order valence-electron chi connectivity index (χ3n) is 17.6. The van der Waals surface area contributed by atoms with Gasteiger partial charge in [0, 0.05) is 83.5 Å². The largest absolute Gasteiger partial charge is 0.497 e. The van der Waals surface area contributed by atoms with Gasteiger partial charge in [0.25, 0.3) is 30.1 Å². The number of carbonyl (C=O) groups excluding carboxylic acids is 5. The molecular weight excluding hydrogens is 1370 g/mol. The molecule has 29 heteroatoms. The average molecular weight is 1450 g/mol. The van der Waals surface area contributed by atoms with Crippen molar-refractivity contribution >= 4 is 59.0 Å². The number of sulfonamides is 3. The second-order valence-corrected chi connectivity index (χ2v) is 30.0. The predicted octanol–water partition coefficient (Wildman–Crippen LogP) is 9.43. The van der Waals surface area contributed by atoms with Crippen LogP contribution in [-0.2, 0) is 98.6 Å². The maximum absolute atomic E-state index is 13.7. The smallest absolute Gasteiger partial charge is 0.263 e. The van der Waals surface area contributed by atoms with Crippen LogP contribution in [0.4, 0.5) is 0 Å². The first kappa shape index (κ1) is 74.5. The standard InChI is InChI=1S/2C25H27N3O6S.C23H25N3O5S/c2*1-17(29)22-12-13-28-23(25(22)30)14-24(26-28)35(31,32)27(15-18-4-8-20(33-2)9-5-18)16-19-6-10-21(34-3)11-7-19;1-30-19-9-5-17(6-10-19)15-25(16-18-7-11-20(31-2)12-8-18)32(28,29)23-14-21-22(27)4-3-13-26(21)24-23/h2*4-11,14,22H,12-13,15-16H2,1-3H3;5-12,14H,3-4,13,15-16H2,1-2H3. The number of benzene rings is 6. The summed E-state index contributed by atoms with van der Waals surface area (Å²) in [5.41, 5.74) is 5.31. The highest BCUT2D eigenvalue weighted by atomic mass is 32.2. The zero-order valence-electron chi connectivity index (χ0n) is 57.6. The lowest BCUT2D eigenvalue weighted by Gasteiger charge is -2.21. The van der Waals surface area contributed by atoms with Crippen LogP contribution < -0.4 is 28.4 Å². The zero-order chi connectivity index (χ0) is 73.0. The van der Waals surface area contributed by atoms with Crippen molar-refractivity contribution in [3.8, 4) is 34.5 Å². The fourth-order valence-electron chi connectivity index (χ4n) is 11.8. The van der Waals surface area contributed by atoms with Gasteiger partial charge in [-0.05, 0) is 139 Å². The van der Waals surface area contributed by atoms with Crippen LogP contribution in [0, 0.1) is 11.8 Å². The van der Waals surface area contributed by atoms with Gasteiger partial charge in [-0.2, -0.15) is 28.2 Å². The lowest BCUT2D eigenvalue weighted by Crippen LogP contribution is -2.31. The highest BCUT2D eigenvalue weighted by Crippen LogP contribution is 2.32. The molecule has 0 saturated carbocycles. The van der Waals surface area contributed by atoms with Crippen LogP contribution in [0.5, 0.6) is 34.5 Å². The fraction of sp³-hybridized carbons (Fsp3) is 0.315. The van der Waals surface area contributed by atoms with E-state index in [0.29, 0.717) is 85.5 Å². The van der Waals surface area contributed by atoms with E-state index in [9.17, 15) is 49.2 Å². The first-order valence-electron chi connectivity index (χ1n) is 32.5. The number of carbonyl (C=O) groups is 5. The second-order valence-electron chi connectivity index (χ2n) is 24.3. The number of rotatable bonds is 26. The number of hydrogen-bond donors (Lipinski definition) is 0. The Morgan fingerprint density at radius 2 is 0.598 bits per heavy atom. The van der Waals surface area contributed by atoms with Crippen LogP contribution in [0.2, 0.25) is 0 Å². The number of ketones is 5. The van der Waals surface area contributed by atoms with Crippen LogP contribution in [-0.4, -0.2) is 139 Å². The van der Waals surface area contributed by atoms with Crippen LogP contribution in [0.25, 0.3) is 0 Å². The van der Waals surface area contributed by atoms with Crippen molar-refractivity contribution in [3.05, 3.63) is 214 Å². The predicted molar refractivity (Wildman–Crippen MR) is 374 cm³/mol. The van der Waals surface area contributed by atoms with E-state index in [1.54, 1.807) is 164 Å². The number of nitrogens with zero attached hydrogens (tertiary/aromatic N) is 9. The lowest BCUT2D eigenvalue weighted by atomic mass is 9.91. The molecule has 12 rings (SSSR count). The Kier molecular flexibility index (Phi) is 23.9. The minimum Gasteiger partial charge on any atom is -0.497 e. The van der Waals surface area contributed by atoms with Gasteiger partial charge in [0.05, 0.1) is 54.5 Å². The second kappa shape index (κ2) is 32.6. The van der Waals surface area contributed by atoms with Crippen molar-refractivity contribution in [1.29, 1.82) is 0 Å². The van der Waals surface area contributed by atoms with Gasteiger partial charge in [0.2, 0.25) is 0 Å². The van der Waals surface area contributed by atoms with Gasteiger partial charge < -0.3 is 28.4 Å². The lowest BCUT2D eigenvalue weighted by molar-refractivity contribution is -0.120. The summed E-state index contributed by atoms with van der Waals surface area (Å²) in [4.78, 5) is 61.4. The molecule has 0 saturated heterocycles. The van der Waals surface area contributed by atoms with E-state index in [0.717, 1.165) is 33.4 Å². The summed E-state index contributed by atoms with van der Waals surface area (Å²) in [6.45, 7) is 4.53. The van der Waals surface area contributed by atoms with Gasteiger partial charge in [-0.1, -0.05) is 72.8 Å². The number of aromatic nitrogens is 6. The van der Waals surface area contributed by atoms with Gasteiger partial charge in [-0.25, -0.2) is 25.3 Å². The Morgan fingerprint density at radius 1 is 0.373 bits per heavy atom. The molecule has 3 aliphatic rings. The molecule has 0 fully saturated rings. The molecule has 2 unspecified atom stereocenters. The number of Topliss-reactive ketones (excluding diaryl/α,β-unsaturated/α-hetero) is 5. The molecule has 26 nitrogen and oxygen atoms in total. The normalized spacial score (nSPS) is 15.1. The first-order valence-corrected chi connectivity index (χ1v) is 36.8. The number of fused-ring (bicyclic) bond motifs is 3. The number of ether oxygens (including phenoxy) is 6. The number of hydrogen-bond acceptors (Lipinski definition) is 20. The van der Waals surface area contributed by atoms with Gasteiger partial charge in [-0.15, -0.1) is 0 Å². The summed E-state index contributed by atoms with van der Waals surface area (Å²) >= 11 is 0. The van der Waals surface area contributed by atoms with E-state index >= 15 is 0 Å². The monoisotopic (exact) mass is 1450 g/mol. The molecule has 536 valence electrons. The third-order valence-corrected chi connectivity index (χ3v) is 22.6. The number of methoxy groups -OCH3 is 6. The molecule has 3 aromatic heterocycles. The number of aryl methyl sites for hydroxylation is 3. The minimum absolute atomic E-state index is 0.0814. The summed E-state index contributed by atoms with van der Waals surface area (Å²) in [6, 6.07) is 47.0. The Hall–Kier alpha value is -10.2. The van der Waals surface area contributed by atoms with Gasteiger partial charge in [-0.3, -0.25) is 38.0 Å². The minimum atomic E-state index is -4.08. The van der Waals surface area contributed by atoms with Crippen LogP contribution in [0.1, 0.15) is 104 Å². The first-order chi connectivity index (χ1) is 48.8. The van der Waals surface area contributed by atoms with Crippen LogP contribution in [0.3, 0.4) is 0 Å². The quantitative estimate of drug-likeness (QED) is 0.0456. The van der Waals surface area contributed by atoms with Crippen molar-refractivity contribution in [2.75, 3.05) is 42.7 Å². The maximum Gasteiger partial charge on any atom is 0.263 e. The topological polar surface area (TPSA) is 306 Å². The van der Waals surface area contributed by atoms with Crippen LogP contribution in [0.15, 0.2) is 179 Å². The Labute approximate surface area is 592 Å². The molecule has 6 aromatic carbocycles. The van der Waals surface area contributed by atoms with E-state index < -0.39 is 53.5 Å². The van der Waals surface area contributed by atoms with Crippen molar-refractivity contribution in [3.63, 3.8) is 0 Å². The van der Waals surface area contributed by atoms with Crippen molar-refractivity contribution in [2.45, 2.75) is 114 Å². The third kappa shape index (κ3) is 17.4. The van der Waals surface area contributed by atoms with Crippen molar-refractivity contribution in [2.24, 2.45) is 11.8 Å². The molecule has 0 aliphatic carbocycles. The Morgan fingerprint density at radius 3 is 0.814 bits per heavy atom. The van der Waals surface area contributed by atoms with Crippen molar-refractivity contribution in [1.82, 2.24) is 42.3 Å². The maximum atomic E-state index is 13.7. The summed E-state index contributed by atoms with van der Waals surface area (Å²) in [6.07, 6.45) is 1.69.